The molecule has 3 atom stereocenters. The third kappa shape index (κ3) is 3.32. The lowest BCUT2D eigenvalue weighted by Gasteiger charge is -2.39. The lowest BCUT2D eigenvalue weighted by molar-refractivity contribution is -0.152. The Hall–Kier alpha value is -1.10. The molecular weight excluding hydrogens is 258 g/mol. The van der Waals surface area contributed by atoms with E-state index in [1.54, 1.807) is 0 Å². The number of aliphatic carboxylic acids is 1. The number of hydrogen-bond donors (Lipinski definition) is 2. The quantitative estimate of drug-likeness (QED) is 0.810. The number of hydrogen-bond acceptors (Lipinski definition) is 3. The molecule has 0 radical (unpaired) electrons. The molecule has 2 N–H and O–H groups in total. The summed E-state index contributed by atoms with van der Waals surface area (Å²) in [6.07, 6.45) is 6.58. The van der Waals surface area contributed by atoms with Crippen molar-refractivity contribution < 1.29 is 19.4 Å². The SMILES string of the molecule is CC1CCCCC1(NC(=O)CCC1CCCO1)C(=O)O. The number of carbonyl (C=O) groups is 2. The van der Waals surface area contributed by atoms with Crippen LogP contribution < -0.4 is 5.32 Å². The van der Waals surface area contributed by atoms with Gasteiger partial charge in [-0.05, 0) is 38.0 Å². The summed E-state index contributed by atoms with van der Waals surface area (Å²) in [5, 5.41) is 12.4. The summed E-state index contributed by atoms with van der Waals surface area (Å²) in [6, 6.07) is 0. The van der Waals surface area contributed by atoms with E-state index in [1.165, 1.54) is 0 Å². The molecule has 1 heterocycles. The van der Waals surface area contributed by atoms with E-state index in [4.69, 9.17) is 4.74 Å². The summed E-state index contributed by atoms with van der Waals surface area (Å²) in [4.78, 5) is 23.7. The van der Waals surface area contributed by atoms with Crippen LogP contribution in [0.1, 0.15) is 58.3 Å². The largest absolute Gasteiger partial charge is 0.479 e. The van der Waals surface area contributed by atoms with Crippen molar-refractivity contribution in [1.82, 2.24) is 5.32 Å². The number of nitrogens with one attached hydrogen (secondary N) is 1. The third-order valence-electron chi connectivity index (χ3n) is 4.76. The Kier molecular flexibility index (Phi) is 5.02. The smallest absolute Gasteiger partial charge is 0.329 e. The molecule has 20 heavy (non-hydrogen) atoms. The summed E-state index contributed by atoms with van der Waals surface area (Å²) in [5.74, 6) is -1.06. The maximum atomic E-state index is 12.1. The maximum absolute atomic E-state index is 12.1. The Morgan fingerprint density at radius 1 is 1.30 bits per heavy atom. The van der Waals surface area contributed by atoms with Gasteiger partial charge in [0, 0.05) is 13.0 Å². The molecule has 1 saturated heterocycles. The van der Waals surface area contributed by atoms with E-state index >= 15 is 0 Å². The summed E-state index contributed by atoms with van der Waals surface area (Å²) in [7, 11) is 0. The zero-order valence-corrected chi connectivity index (χ0v) is 12.2. The molecule has 5 nitrogen and oxygen atoms in total. The Bertz CT molecular complexity index is 365. The van der Waals surface area contributed by atoms with Gasteiger partial charge in [0.05, 0.1) is 6.10 Å². The number of rotatable bonds is 5. The molecule has 2 aliphatic rings. The number of carboxylic acids is 1. The molecule has 0 bridgehead atoms. The Morgan fingerprint density at radius 2 is 2.10 bits per heavy atom. The fourth-order valence-electron chi connectivity index (χ4n) is 3.38. The number of carboxylic acid groups (broad SMARTS) is 1. The van der Waals surface area contributed by atoms with Gasteiger partial charge < -0.3 is 15.2 Å². The molecule has 0 aromatic carbocycles. The van der Waals surface area contributed by atoms with Gasteiger partial charge in [0.25, 0.3) is 0 Å². The molecule has 114 valence electrons. The van der Waals surface area contributed by atoms with Crippen LogP contribution >= 0.6 is 0 Å². The first-order chi connectivity index (χ1) is 9.54. The van der Waals surface area contributed by atoms with Gasteiger partial charge in [-0.1, -0.05) is 19.8 Å². The van der Waals surface area contributed by atoms with Gasteiger partial charge in [-0.15, -0.1) is 0 Å². The molecule has 3 unspecified atom stereocenters. The number of carbonyl (C=O) groups excluding carboxylic acids is 1. The van der Waals surface area contributed by atoms with Crippen LogP contribution in [0.15, 0.2) is 0 Å². The fraction of sp³-hybridized carbons (Fsp3) is 0.867. The predicted octanol–water partition coefficient (Wildman–Crippen LogP) is 2.10. The lowest BCUT2D eigenvalue weighted by Crippen LogP contribution is -2.60. The molecule has 1 saturated carbocycles. The molecule has 5 heteroatoms. The molecule has 0 spiro atoms. The van der Waals surface area contributed by atoms with Crippen LogP contribution in [-0.4, -0.2) is 35.2 Å². The first-order valence-electron chi connectivity index (χ1n) is 7.70. The normalized spacial score (nSPS) is 33.9. The zero-order chi connectivity index (χ0) is 14.6. The van der Waals surface area contributed by atoms with E-state index in [-0.39, 0.29) is 17.9 Å². The van der Waals surface area contributed by atoms with Crippen LogP contribution in [0.25, 0.3) is 0 Å². The minimum atomic E-state index is -1.06. The van der Waals surface area contributed by atoms with Gasteiger partial charge in [-0.2, -0.15) is 0 Å². The average Bonchev–Trinajstić information content (AvgIpc) is 2.92. The maximum Gasteiger partial charge on any atom is 0.329 e. The van der Waals surface area contributed by atoms with E-state index < -0.39 is 11.5 Å². The first-order valence-corrected chi connectivity index (χ1v) is 7.70. The van der Waals surface area contributed by atoms with E-state index in [1.807, 2.05) is 6.92 Å². The number of amides is 1. The summed E-state index contributed by atoms with van der Waals surface area (Å²) in [5.41, 5.74) is -1.06. The zero-order valence-electron chi connectivity index (χ0n) is 12.2. The van der Waals surface area contributed by atoms with E-state index in [9.17, 15) is 14.7 Å². The van der Waals surface area contributed by atoms with Gasteiger partial charge in [0.2, 0.25) is 5.91 Å². The van der Waals surface area contributed by atoms with Crippen LogP contribution in [0.2, 0.25) is 0 Å². The molecule has 2 fully saturated rings. The Balaban J connectivity index is 1.90. The van der Waals surface area contributed by atoms with Gasteiger partial charge in [0.15, 0.2) is 0 Å². The second kappa shape index (κ2) is 6.57. The Labute approximate surface area is 120 Å². The summed E-state index contributed by atoms with van der Waals surface area (Å²) < 4.78 is 5.49. The molecule has 2 rings (SSSR count). The minimum absolute atomic E-state index is 0.0135. The van der Waals surface area contributed by atoms with Gasteiger partial charge >= 0.3 is 5.97 Å². The highest BCUT2D eigenvalue weighted by Gasteiger charge is 2.46. The summed E-state index contributed by atoms with van der Waals surface area (Å²) in [6.45, 7) is 2.70. The highest BCUT2D eigenvalue weighted by Crippen LogP contribution is 2.34. The molecular formula is C15H25NO4. The van der Waals surface area contributed by atoms with Gasteiger partial charge in [0.1, 0.15) is 5.54 Å². The van der Waals surface area contributed by atoms with Crippen molar-refractivity contribution in [3.63, 3.8) is 0 Å². The van der Waals surface area contributed by atoms with Crippen molar-refractivity contribution in [3.05, 3.63) is 0 Å². The molecule has 0 aromatic rings. The monoisotopic (exact) mass is 283 g/mol. The van der Waals surface area contributed by atoms with Crippen LogP contribution in [0.5, 0.6) is 0 Å². The van der Waals surface area contributed by atoms with E-state index in [2.05, 4.69) is 5.32 Å². The number of ether oxygens (including phenoxy) is 1. The van der Waals surface area contributed by atoms with Crippen LogP contribution in [0.3, 0.4) is 0 Å². The van der Waals surface area contributed by atoms with E-state index in [0.717, 1.165) is 38.7 Å². The second-order valence-electron chi connectivity index (χ2n) is 6.15. The van der Waals surface area contributed by atoms with Crippen LogP contribution in [-0.2, 0) is 14.3 Å². The van der Waals surface area contributed by atoms with Crippen LogP contribution in [0.4, 0.5) is 0 Å². The molecule has 1 aliphatic heterocycles. The van der Waals surface area contributed by atoms with Gasteiger partial charge in [-0.25, -0.2) is 4.79 Å². The van der Waals surface area contributed by atoms with Crippen molar-refractivity contribution in [2.24, 2.45) is 5.92 Å². The molecule has 1 aliphatic carbocycles. The standard InChI is InChI=1S/C15H25NO4/c1-11-5-2-3-9-15(11,14(18)19)16-13(17)8-7-12-6-4-10-20-12/h11-12H,2-10H2,1H3,(H,16,17)(H,18,19). The first kappa shape index (κ1) is 15.3. The average molecular weight is 283 g/mol. The van der Waals surface area contributed by atoms with Crippen molar-refractivity contribution in [2.45, 2.75) is 69.9 Å². The highest BCUT2D eigenvalue weighted by atomic mass is 16.5. The Morgan fingerprint density at radius 3 is 2.70 bits per heavy atom. The topological polar surface area (TPSA) is 75.6 Å². The molecule has 0 aromatic heterocycles. The fourth-order valence-corrected chi connectivity index (χ4v) is 3.38. The third-order valence-corrected chi connectivity index (χ3v) is 4.76. The van der Waals surface area contributed by atoms with Crippen molar-refractivity contribution in [2.75, 3.05) is 6.61 Å². The molecule has 1 amide bonds. The minimum Gasteiger partial charge on any atom is -0.479 e. The second-order valence-corrected chi connectivity index (χ2v) is 6.15. The van der Waals surface area contributed by atoms with Gasteiger partial charge in [-0.3, -0.25) is 4.79 Å². The van der Waals surface area contributed by atoms with Crippen molar-refractivity contribution in [1.29, 1.82) is 0 Å². The van der Waals surface area contributed by atoms with Crippen molar-refractivity contribution >= 4 is 11.9 Å². The predicted molar refractivity (Wildman–Crippen MR) is 74.3 cm³/mol. The van der Waals surface area contributed by atoms with E-state index in [0.29, 0.717) is 19.3 Å². The van der Waals surface area contributed by atoms with Crippen molar-refractivity contribution in [3.8, 4) is 0 Å². The van der Waals surface area contributed by atoms with Crippen LogP contribution in [0, 0.1) is 5.92 Å². The lowest BCUT2D eigenvalue weighted by atomic mass is 9.73. The summed E-state index contributed by atoms with van der Waals surface area (Å²) >= 11 is 0. The highest BCUT2D eigenvalue weighted by molar-refractivity contribution is 5.87.